The third kappa shape index (κ3) is 9.81. The van der Waals surface area contributed by atoms with Crippen LogP contribution in [0.3, 0.4) is 0 Å². The van der Waals surface area contributed by atoms with Gasteiger partial charge in [0.05, 0.1) is 41.2 Å². The van der Waals surface area contributed by atoms with E-state index in [-0.39, 0.29) is 93.7 Å². The summed E-state index contributed by atoms with van der Waals surface area (Å²) in [5.74, 6) is 1.58. The van der Waals surface area contributed by atoms with Crippen LogP contribution in [0.5, 0.6) is 0 Å². The highest BCUT2D eigenvalue weighted by Crippen LogP contribution is 2.68. The second kappa shape index (κ2) is 21.5. The highest BCUT2D eigenvalue weighted by molar-refractivity contribution is 9.09. The molecule has 0 amide bonds. The molecule has 0 aromatic rings. The predicted octanol–water partition coefficient (Wildman–Crippen LogP) is 8.86. The van der Waals surface area contributed by atoms with Crippen LogP contribution >= 0.6 is 31.9 Å². The van der Waals surface area contributed by atoms with Gasteiger partial charge in [0.2, 0.25) is 0 Å². The minimum atomic E-state index is -0.559. The number of carbonyl (C=O) groups is 3. The Morgan fingerprint density at radius 3 is 2.00 bits per heavy atom. The Bertz CT molecular complexity index is 1760. The van der Waals surface area contributed by atoms with Crippen LogP contribution < -0.4 is 0 Å². The molecule has 0 bridgehead atoms. The topological polar surface area (TPSA) is 178 Å². The zero-order valence-corrected chi connectivity index (χ0v) is 43.4. The monoisotopic (exact) mass is 1050 g/mol. The molecule has 0 heterocycles. The quantitative estimate of drug-likeness (QED) is 0.0179. The van der Waals surface area contributed by atoms with Crippen LogP contribution in [0, 0.1) is 63.1 Å². The molecule has 0 aliphatic heterocycles. The number of esters is 2. The van der Waals surface area contributed by atoms with Gasteiger partial charge in [-0.15, -0.1) is 0 Å². The molecule has 7 fully saturated rings. The highest BCUT2D eigenvalue weighted by atomic mass is 79.9. The molecule has 66 heavy (non-hydrogen) atoms. The molecule has 12 nitrogen and oxygen atoms in total. The Morgan fingerprint density at radius 1 is 0.803 bits per heavy atom. The summed E-state index contributed by atoms with van der Waals surface area (Å²) < 4.78 is 17.6. The molecule has 7 unspecified atom stereocenters. The fourth-order valence-corrected chi connectivity index (χ4v) is 17.9. The van der Waals surface area contributed by atoms with Crippen molar-refractivity contribution in [2.75, 3.05) is 19.8 Å². The summed E-state index contributed by atoms with van der Waals surface area (Å²) in [6, 6.07) is 0. The number of aliphatic hydroxyl groups is 4. The number of hydrogen-bond donors (Lipinski definition) is 4. The van der Waals surface area contributed by atoms with E-state index in [2.05, 4.69) is 65.3 Å². The maximum atomic E-state index is 11.8. The van der Waals surface area contributed by atoms with Gasteiger partial charge in [-0.25, -0.2) is 0 Å². The van der Waals surface area contributed by atoms with E-state index in [0.717, 1.165) is 115 Å². The number of halogens is 2. The number of allylic oxidation sites excluding steroid dienone is 1. The van der Waals surface area contributed by atoms with Gasteiger partial charge < -0.3 is 44.3 Å². The summed E-state index contributed by atoms with van der Waals surface area (Å²) in [7, 11) is 0. The number of hydrogen-bond acceptors (Lipinski definition) is 12. The molecule has 19 atom stereocenters. The van der Waals surface area contributed by atoms with E-state index in [1.165, 1.54) is 19.4 Å². The van der Waals surface area contributed by atoms with Gasteiger partial charge in [0.1, 0.15) is 30.4 Å². The Morgan fingerprint density at radius 2 is 1.41 bits per heavy atom. The van der Waals surface area contributed by atoms with Crippen molar-refractivity contribution < 1.29 is 58.8 Å². The molecule has 8 aliphatic carbocycles. The molecule has 7 saturated carbocycles. The zero-order chi connectivity index (χ0) is 47.8. The van der Waals surface area contributed by atoms with E-state index in [1.54, 1.807) is 0 Å². The first kappa shape index (κ1) is 52.4. The van der Waals surface area contributed by atoms with Crippen molar-refractivity contribution in [2.24, 2.45) is 63.1 Å². The van der Waals surface area contributed by atoms with Crippen molar-refractivity contribution in [1.29, 1.82) is 0 Å². The summed E-state index contributed by atoms with van der Waals surface area (Å²) in [4.78, 5) is 45.4. The number of carbonyl (C=O) groups excluding carboxylic acids is 3. The Hall–Kier alpha value is -1.39. The maximum absolute atomic E-state index is 11.8. The number of aldehydes is 1. The lowest BCUT2D eigenvalue weighted by Crippen LogP contribution is -2.60. The third-order valence-electron chi connectivity index (χ3n) is 19.1. The maximum Gasteiger partial charge on any atom is 0.302 e. The number of fused-ring (bicyclic) bond motifs is 10. The van der Waals surface area contributed by atoms with Gasteiger partial charge in [-0.3, -0.25) is 9.59 Å². The van der Waals surface area contributed by atoms with Crippen molar-refractivity contribution in [1.82, 2.24) is 0 Å². The Balaban J connectivity index is 0.000000196. The van der Waals surface area contributed by atoms with Crippen LogP contribution in [-0.4, -0.2) is 105 Å². The minimum Gasteiger partial charge on any atom is -0.461 e. The third-order valence-corrected chi connectivity index (χ3v) is 20.8. The van der Waals surface area contributed by atoms with Crippen molar-refractivity contribution >= 4 is 50.1 Å². The van der Waals surface area contributed by atoms with Gasteiger partial charge in [-0.05, 0) is 155 Å². The lowest BCUT2D eigenvalue weighted by molar-refractivity contribution is -0.313. The molecule has 0 aromatic heterocycles. The summed E-state index contributed by atoms with van der Waals surface area (Å²) in [5.41, 5.74) is 0.517. The van der Waals surface area contributed by atoms with Crippen LogP contribution in [-0.2, 0) is 38.4 Å². The number of rotatable bonds is 15. The summed E-state index contributed by atoms with van der Waals surface area (Å²) in [6.07, 6.45) is 17.3. The number of ether oxygens (including phenoxy) is 3. The predicted molar refractivity (Wildman–Crippen MR) is 256 cm³/mol. The second-order valence-electron chi connectivity index (χ2n) is 22.4. The lowest BCUT2D eigenvalue weighted by Gasteiger charge is -2.62. The minimum absolute atomic E-state index is 0.00698. The zero-order valence-electron chi connectivity index (χ0n) is 40.2. The van der Waals surface area contributed by atoms with Gasteiger partial charge >= 0.3 is 11.9 Å². The number of unbranched alkanes of at least 4 members (excludes halogenated alkanes) is 2. The summed E-state index contributed by atoms with van der Waals surface area (Å²) in [5, 5.41) is 44.0. The largest absolute Gasteiger partial charge is 0.461 e. The Kier molecular flexibility index (Phi) is 17.1. The molecule has 4 N–H and O–H groups in total. The first-order valence-corrected chi connectivity index (χ1v) is 27.2. The van der Waals surface area contributed by atoms with E-state index in [0.29, 0.717) is 36.5 Å². The van der Waals surface area contributed by atoms with Crippen molar-refractivity contribution in [3.63, 3.8) is 0 Å². The molecule has 0 spiro atoms. The normalized spacial score (nSPS) is 45.4. The molecule has 14 heteroatoms. The van der Waals surface area contributed by atoms with Crippen molar-refractivity contribution in [2.45, 2.75) is 196 Å². The smallest absolute Gasteiger partial charge is 0.302 e. The van der Waals surface area contributed by atoms with Crippen LogP contribution in [0.2, 0.25) is 0 Å². The van der Waals surface area contributed by atoms with E-state index >= 15 is 0 Å². The number of aliphatic hydroxyl groups excluding tert-OH is 4. The number of alkyl halides is 2. The lowest BCUT2D eigenvalue weighted by atomic mass is 9.44. The highest BCUT2D eigenvalue weighted by Gasteiger charge is 2.68. The molecule has 0 saturated heterocycles. The first-order chi connectivity index (χ1) is 31.4. The van der Waals surface area contributed by atoms with Crippen LogP contribution in [0.15, 0.2) is 24.0 Å². The average Bonchev–Trinajstić information content (AvgIpc) is 3.72. The van der Waals surface area contributed by atoms with E-state index < -0.39 is 23.0 Å². The summed E-state index contributed by atoms with van der Waals surface area (Å²) >= 11 is 7.50. The van der Waals surface area contributed by atoms with E-state index in [9.17, 15) is 34.8 Å². The molecule has 0 radical (unpaired) electrons. The van der Waals surface area contributed by atoms with Crippen molar-refractivity contribution in [3.05, 3.63) is 24.0 Å². The van der Waals surface area contributed by atoms with E-state index in [1.807, 2.05) is 0 Å². The van der Waals surface area contributed by atoms with Crippen LogP contribution in [0.1, 0.15) is 150 Å². The van der Waals surface area contributed by atoms with Gasteiger partial charge in [-0.1, -0.05) is 70.9 Å². The van der Waals surface area contributed by atoms with Crippen molar-refractivity contribution in [3.8, 4) is 0 Å². The van der Waals surface area contributed by atoms with Gasteiger partial charge in [0, 0.05) is 44.1 Å². The van der Waals surface area contributed by atoms with E-state index in [4.69, 9.17) is 24.0 Å². The standard InChI is InChI=1S/C26H41BrO6.C26H39BrO6/c1-5-6-15(2)32-33-18-7-9-25(4)17(11-18)12-22(30)23-19(25)8-10-26(14-28)20(23)13-21(27)24(26)31-16(3)29;1-16(30)33-24-21(27)14-20-23-19(7-9-26(20,24)15-29)25(2)8-6-18(12-17(25)13-22(23)31)32-11-5-3-4-10-28/h17-24,28,30H,2,5-14H2,1,3-4H3;10,13,18-24,29,31H,3-9,11-12,14-15H2,1-2H3/t17?,18-,19?,20?,21+,22-,23?,24-,25-,26+;18-,19?,20?,21+,22-,23?,24-,25-,26+/m00/s1. The Labute approximate surface area is 410 Å². The average molecular weight is 1060 g/mol. The molecule has 8 rings (SSSR count). The fourth-order valence-electron chi connectivity index (χ4n) is 15.9. The SMILES string of the molecule is C=C(CCC)OO[C@H]1CC[C@@]2(C)C(C1)C[C@H](O)C1C2CC[C@@]2(CO)C1C[C@@H](Br)[C@@H]2OC(C)=O.CC(=O)O[C@H]1[C@H](Br)CC2C3C(CC[C@@]21CO)[C@@]1(C)CC[C@H](OCCCCC=O)CC1=C[C@@H]3O. The molecule has 0 aromatic carbocycles. The first-order valence-electron chi connectivity index (χ1n) is 25.4. The van der Waals surface area contributed by atoms with Gasteiger partial charge in [0.25, 0.3) is 0 Å². The molecule has 374 valence electrons. The van der Waals surface area contributed by atoms with Crippen LogP contribution in [0.4, 0.5) is 0 Å². The molecular weight excluding hydrogens is 976 g/mol. The second-order valence-corrected chi connectivity index (χ2v) is 24.7. The van der Waals surface area contributed by atoms with Crippen LogP contribution in [0.25, 0.3) is 0 Å². The molecular formula is C52H80Br2O12. The fraction of sp³-hybridized carbons (Fsp3) is 0.865. The van der Waals surface area contributed by atoms with Gasteiger partial charge in [0.15, 0.2) is 0 Å². The van der Waals surface area contributed by atoms with Gasteiger partial charge in [-0.2, -0.15) is 4.89 Å². The molecule has 8 aliphatic rings. The summed E-state index contributed by atoms with van der Waals surface area (Å²) in [6.45, 7) is 14.3.